The topological polar surface area (TPSA) is 68.1 Å². The van der Waals surface area contributed by atoms with Gasteiger partial charge in [-0.15, -0.1) is 11.3 Å². The van der Waals surface area contributed by atoms with Gasteiger partial charge in [-0.1, -0.05) is 0 Å². The van der Waals surface area contributed by atoms with Gasteiger partial charge in [-0.25, -0.2) is 13.8 Å². The minimum absolute atomic E-state index is 0.0955. The van der Waals surface area contributed by atoms with E-state index in [9.17, 15) is 18.4 Å². The van der Waals surface area contributed by atoms with Crippen molar-refractivity contribution < 1.29 is 18.4 Å². The number of ketones is 1. The van der Waals surface area contributed by atoms with Gasteiger partial charge in [0.15, 0.2) is 10.9 Å². The molecule has 0 atom stereocenters. The van der Waals surface area contributed by atoms with Crippen LogP contribution in [0.3, 0.4) is 0 Å². The molecule has 0 aliphatic rings. The Bertz CT molecular complexity index is 1060. The Labute approximate surface area is 163 Å². The van der Waals surface area contributed by atoms with Crippen LogP contribution in [0.15, 0.2) is 42.0 Å². The van der Waals surface area contributed by atoms with Crippen LogP contribution in [0, 0.1) is 11.6 Å². The molecule has 0 saturated heterocycles. The number of hydrogen-bond donors (Lipinski definition) is 0. The summed E-state index contributed by atoms with van der Waals surface area (Å²) in [4.78, 5) is 29.5. The van der Waals surface area contributed by atoms with Crippen molar-refractivity contribution in [1.82, 2.24) is 14.8 Å². The summed E-state index contributed by atoms with van der Waals surface area (Å²) in [5, 5.41) is 5.89. The number of halogens is 2. The molecule has 0 unspecified atom stereocenters. The van der Waals surface area contributed by atoms with Gasteiger partial charge in [0.05, 0.1) is 23.1 Å². The third kappa shape index (κ3) is 4.20. The number of carbonyl (C=O) groups is 2. The molecule has 0 aliphatic heterocycles. The van der Waals surface area contributed by atoms with Crippen molar-refractivity contribution >= 4 is 39.9 Å². The summed E-state index contributed by atoms with van der Waals surface area (Å²) in [6, 6.07) is 2.95. The molecule has 0 bridgehead atoms. The highest BCUT2D eigenvalue weighted by Crippen LogP contribution is 2.31. The molecular formula is C19H16F2N4O2S. The fourth-order valence-corrected chi connectivity index (χ4v) is 3.29. The maximum Gasteiger partial charge on any atom is 0.230 e. The van der Waals surface area contributed by atoms with E-state index in [2.05, 4.69) is 10.1 Å². The number of allylic oxidation sites excluding steroid dienone is 1. The van der Waals surface area contributed by atoms with Crippen LogP contribution < -0.4 is 4.90 Å². The summed E-state index contributed by atoms with van der Waals surface area (Å²) in [6.07, 6.45) is 5.99. The van der Waals surface area contributed by atoms with E-state index in [-0.39, 0.29) is 16.6 Å². The lowest BCUT2D eigenvalue weighted by Crippen LogP contribution is -2.23. The number of amides is 1. The summed E-state index contributed by atoms with van der Waals surface area (Å²) in [7, 11) is 0. The van der Waals surface area contributed by atoms with Gasteiger partial charge in [0.25, 0.3) is 0 Å². The fraction of sp³-hybridized carbons (Fsp3) is 0.158. The number of rotatable bonds is 6. The zero-order valence-corrected chi connectivity index (χ0v) is 15.9. The lowest BCUT2D eigenvalue weighted by molar-refractivity contribution is -0.115. The van der Waals surface area contributed by atoms with Gasteiger partial charge in [-0.05, 0) is 31.2 Å². The van der Waals surface area contributed by atoms with Crippen LogP contribution >= 0.6 is 11.3 Å². The molecule has 3 rings (SSSR count). The van der Waals surface area contributed by atoms with Crippen LogP contribution in [0.1, 0.15) is 29.9 Å². The molecule has 9 heteroatoms. The van der Waals surface area contributed by atoms with E-state index < -0.39 is 17.5 Å². The molecule has 0 aliphatic carbocycles. The lowest BCUT2D eigenvalue weighted by atomic mass is 10.2. The zero-order chi connectivity index (χ0) is 20.3. The standard InChI is InChI=1S/C19H16F2N4O2S/c1-3-24-10-13(9-22-24)18(27)7-5-15-11-28-19(23-15)25(12(2)26)17-6-4-14(20)8-16(17)21/h4-11H,3H2,1-2H3/b7-5+. The summed E-state index contributed by atoms with van der Waals surface area (Å²) in [5.41, 5.74) is 0.791. The van der Waals surface area contributed by atoms with Gasteiger partial charge in [0, 0.05) is 31.1 Å². The normalized spacial score (nSPS) is 11.1. The molecule has 1 aromatic carbocycles. The Balaban J connectivity index is 1.83. The Morgan fingerprint density at radius 2 is 2.11 bits per heavy atom. The number of anilines is 2. The third-order valence-corrected chi connectivity index (χ3v) is 4.66. The summed E-state index contributed by atoms with van der Waals surface area (Å²) in [5.74, 6) is -2.32. The fourth-order valence-electron chi connectivity index (χ4n) is 2.45. The van der Waals surface area contributed by atoms with Gasteiger partial charge >= 0.3 is 0 Å². The smallest absolute Gasteiger partial charge is 0.230 e. The Morgan fingerprint density at radius 1 is 1.32 bits per heavy atom. The van der Waals surface area contributed by atoms with Gasteiger partial charge < -0.3 is 0 Å². The molecular weight excluding hydrogens is 386 g/mol. The van der Waals surface area contributed by atoms with Gasteiger partial charge in [-0.2, -0.15) is 5.10 Å². The summed E-state index contributed by atoms with van der Waals surface area (Å²) < 4.78 is 28.9. The Morgan fingerprint density at radius 3 is 2.75 bits per heavy atom. The number of carbonyl (C=O) groups excluding carboxylic acids is 2. The second-order valence-corrected chi connectivity index (χ2v) is 6.62. The number of hydrogen-bond acceptors (Lipinski definition) is 5. The minimum Gasteiger partial charge on any atom is -0.289 e. The third-order valence-electron chi connectivity index (χ3n) is 3.81. The predicted octanol–water partition coefficient (Wildman–Crippen LogP) is 4.22. The number of nitrogens with zero attached hydrogens (tertiary/aromatic N) is 4. The maximum absolute atomic E-state index is 14.1. The highest BCUT2D eigenvalue weighted by atomic mass is 32.1. The summed E-state index contributed by atoms with van der Waals surface area (Å²) in [6.45, 7) is 3.83. The van der Waals surface area contributed by atoms with Crippen molar-refractivity contribution in [3.63, 3.8) is 0 Å². The van der Waals surface area contributed by atoms with E-state index in [1.807, 2.05) is 6.92 Å². The van der Waals surface area contributed by atoms with E-state index >= 15 is 0 Å². The van der Waals surface area contributed by atoms with Crippen molar-refractivity contribution in [2.75, 3.05) is 4.90 Å². The van der Waals surface area contributed by atoms with E-state index in [4.69, 9.17) is 0 Å². The highest BCUT2D eigenvalue weighted by molar-refractivity contribution is 7.14. The molecule has 2 aromatic heterocycles. The lowest BCUT2D eigenvalue weighted by Gasteiger charge is -2.18. The largest absolute Gasteiger partial charge is 0.289 e. The van der Waals surface area contributed by atoms with Gasteiger partial charge in [0.1, 0.15) is 11.6 Å². The monoisotopic (exact) mass is 402 g/mol. The van der Waals surface area contributed by atoms with Crippen molar-refractivity contribution in [3.8, 4) is 0 Å². The molecule has 144 valence electrons. The van der Waals surface area contributed by atoms with Crippen LogP contribution in [0.4, 0.5) is 19.6 Å². The molecule has 6 nitrogen and oxygen atoms in total. The van der Waals surface area contributed by atoms with E-state index in [0.717, 1.165) is 22.3 Å². The number of aryl methyl sites for hydroxylation is 1. The van der Waals surface area contributed by atoms with E-state index in [1.54, 1.807) is 16.3 Å². The number of thiazole rings is 1. The average molecular weight is 402 g/mol. The van der Waals surface area contributed by atoms with E-state index in [1.165, 1.54) is 31.3 Å². The quantitative estimate of drug-likeness (QED) is 0.457. The van der Waals surface area contributed by atoms with Gasteiger partial charge in [-0.3, -0.25) is 19.2 Å². The van der Waals surface area contributed by atoms with Crippen LogP contribution in [-0.2, 0) is 11.3 Å². The van der Waals surface area contributed by atoms with Gasteiger partial charge in [0.2, 0.25) is 5.91 Å². The predicted molar refractivity (Wildman–Crippen MR) is 103 cm³/mol. The SMILES string of the molecule is CCn1cc(C(=O)/C=C/c2csc(N(C(C)=O)c3ccc(F)cc3F)n2)cn1. The molecule has 28 heavy (non-hydrogen) atoms. The molecule has 0 N–H and O–H groups in total. The summed E-state index contributed by atoms with van der Waals surface area (Å²) >= 11 is 1.10. The number of benzene rings is 1. The van der Waals surface area contributed by atoms with E-state index in [0.29, 0.717) is 23.9 Å². The number of aromatic nitrogens is 3. The second kappa shape index (κ2) is 8.22. The first-order valence-corrected chi connectivity index (χ1v) is 9.23. The average Bonchev–Trinajstić information content (AvgIpc) is 3.31. The highest BCUT2D eigenvalue weighted by Gasteiger charge is 2.21. The van der Waals surface area contributed by atoms with Crippen molar-refractivity contribution in [3.05, 3.63) is 64.9 Å². The van der Waals surface area contributed by atoms with Crippen LogP contribution in [0.25, 0.3) is 6.08 Å². The van der Waals surface area contributed by atoms with Crippen molar-refractivity contribution in [2.45, 2.75) is 20.4 Å². The van der Waals surface area contributed by atoms with Crippen LogP contribution in [0.2, 0.25) is 0 Å². The Hall–Kier alpha value is -3.20. The molecule has 0 radical (unpaired) electrons. The van der Waals surface area contributed by atoms with Crippen LogP contribution in [-0.4, -0.2) is 26.5 Å². The maximum atomic E-state index is 14.1. The first kappa shape index (κ1) is 19.6. The Kier molecular flexibility index (Phi) is 5.74. The van der Waals surface area contributed by atoms with Crippen molar-refractivity contribution in [1.29, 1.82) is 0 Å². The molecule has 0 spiro atoms. The first-order valence-electron chi connectivity index (χ1n) is 8.35. The molecule has 0 saturated carbocycles. The molecule has 3 aromatic rings. The molecule has 0 fully saturated rings. The van der Waals surface area contributed by atoms with Crippen molar-refractivity contribution in [2.24, 2.45) is 0 Å². The molecule has 2 heterocycles. The first-order chi connectivity index (χ1) is 13.4. The zero-order valence-electron chi connectivity index (χ0n) is 15.1. The molecule has 1 amide bonds. The second-order valence-electron chi connectivity index (χ2n) is 5.79. The minimum atomic E-state index is -0.870. The van der Waals surface area contributed by atoms with Crippen LogP contribution in [0.5, 0.6) is 0 Å².